The summed E-state index contributed by atoms with van der Waals surface area (Å²) in [7, 11) is 1.50. The molecule has 0 aliphatic rings. The van der Waals surface area contributed by atoms with Crippen molar-refractivity contribution in [3.63, 3.8) is 0 Å². The van der Waals surface area contributed by atoms with Crippen LogP contribution in [-0.2, 0) is 0 Å². The van der Waals surface area contributed by atoms with E-state index in [-0.39, 0.29) is 5.69 Å². The number of anilines is 2. The number of rotatable bonds is 5. The summed E-state index contributed by atoms with van der Waals surface area (Å²) in [4.78, 5) is 11.4. The molecule has 0 saturated carbocycles. The second kappa shape index (κ2) is 4.89. The molecule has 0 aliphatic heterocycles. The molecule has 1 rings (SSSR count). The van der Waals surface area contributed by atoms with Crippen LogP contribution < -0.4 is 21.5 Å². The van der Waals surface area contributed by atoms with Gasteiger partial charge in [-0.25, -0.2) is 0 Å². The Morgan fingerprint density at radius 2 is 2.25 bits per heavy atom. The monoisotopic (exact) mass is 241 g/mol. The number of nitrogen functional groups attached to an aromatic ring is 1. The fourth-order valence-corrected chi connectivity index (χ4v) is 2.10. The lowest BCUT2D eigenvalue weighted by molar-refractivity contribution is 0.100. The summed E-state index contributed by atoms with van der Waals surface area (Å²) in [6.07, 6.45) is 0. The molecule has 0 aliphatic carbocycles. The molecular formula is C10H15N3O2S. The van der Waals surface area contributed by atoms with Crippen molar-refractivity contribution in [3.8, 4) is 5.75 Å². The highest BCUT2D eigenvalue weighted by Gasteiger charge is 2.19. The summed E-state index contributed by atoms with van der Waals surface area (Å²) < 4.78 is 5.12. The Morgan fingerprint density at radius 1 is 1.62 bits per heavy atom. The molecule has 0 unspecified atom stereocenters. The maximum absolute atomic E-state index is 11.1. The van der Waals surface area contributed by atoms with Crippen LogP contribution in [0.2, 0.25) is 0 Å². The summed E-state index contributed by atoms with van der Waals surface area (Å²) >= 11 is 1.18. The largest absolute Gasteiger partial charge is 0.492 e. The number of methoxy groups -OCH3 is 1. The van der Waals surface area contributed by atoms with Gasteiger partial charge in [0.15, 0.2) is 5.75 Å². The van der Waals surface area contributed by atoms with E-state index in [4.69, 9.17) is 16.2 Å². The van der Waals surface area contributed by atoms with Crippen molar-refractivity contribution in [1.29, 1.82) is 0 Å². The van der Waals surface area contributed by atoms with Crippen LogP contribution in [0.15, 0.2) is 12.2 Å². The van der Waals surface area contributed by atoms with Crippen molar-refractivity contribution in [3.05, 3.63) is 17.0 Å². The van der Waals surface area contributed by atoms with E-state index in [1.54, 1.807) is 0 Å². The number of carbonyl (C=O) groups is 1. The number of carbonyl (C=O) groups excluding carboxylic acids is 1. The number of nitrogens with one attached hydrogen (secondary N) is 1. The van der Waals surface area contributed by atoms with Gasteiger partial charge in [-0.1, -0.05) is 12.2 Å². The lowest BCUT2D eigenvalue weighted by Crippen LogP contribution is -2.10. The van der Waals surface area contributed by atoms with Gasteiger partial charge in [-0.2, -0.15) is 0 Å². The van der Waals surface area contributed by atoms with Crippen molar-refractivity contribution >= 4 is 27.9 Å². The van der Waals surface area contributed by atoms with Crippen LogP contribution in [0.25, 0.3) is 0 Å². The standard InChI is InChI=1S/C10H15N3O2S/c1-5(2)4-13-10-7(15-3)6(11)8(16-10)9(12)14/h13H,1,4,11H2,2-3H3,(H2,12,14). The molecule has 1 aromatic heterocycles. The van der Waals surface area contributed by atoms with E-state index in [0.29, 0.717) is 22.2 Å². The molecule has 1 heterocycles. The molecule has 88 valence electrons. The highest BCUT2D eigenvalue weighted by molar-refractivity contribution is 7.19. The quantitative estimate of drug-likeness (QED) is 0.680. The number of amides is 1. The lowest BCUT2D eigenvalue weighted by atomic mass is 10.3. The molecule has 0 bridgehead atoms. The third kappa shape index (κ3) is 2.46. The van der Waals surface area contributed by atoms with Crippen LogP contribution in [-0.4, -0.2) is 19.6 Å². The van der Waals surface area contributed by atoms with Crippen molar-refractivity contribution in [2.45, 2.75) is 6.92 Å². The molecule has 0 aromatic carbocycles. The number of thiophene rings is 1. The summed E-state index contributed by atoms with van der Waals surface area (Å²) in [5.74, 6) is -0.0933. The van der Waals surface area contributed by atoms with Gasteiger partial charge in [-0.15, -0.1) is 11.3 Å². The van der Waals surface area contributed by atoms with Gasteiger partial charge >= 0.3 is 0 Å². The second-order valence-electron chi connectivity index (χ2n) is 3.38. The molecule has 1 amide bonds. The van der Waals surface area contributed by atoms with E-state index in [9.17, 15) is 4.79 Å². The normalized spacial score (nSPS) is 9.88. The van der Waals surface area contributed by atoms with E-state index >= 15 is 0 Å². The minimum atomic E-state index is -0.552. The van der Waals surface area contributed by atoms with E-state index < -0.39 is 5.91 Å². The first-order valence-corrected chi connectivity index (χ1v) is 5.43. The zero-order chi connectivity index (χ0) is 12.3. The molecule has 0 fully saturated rings. The number of primary amides is 1. The first kappa shape index (κ1) is 12.4. The summed E-state index contributed by atoms with van der Waals surface area (Å²) in [5, 5.41) is 3.78. The van der Waals surface area contributed by atoms with Gasteiger partial charge in [0.2, 0.25) is 0 Å². The minimum Gasteiger partial charge on any atom is -0.492 e. The zero-order valence-electron chi connectivity index (χ0n) is 9.29. The predicted molar refractivity (Wildman–Crippen MR) is 67.1 cm³/mol. The summed E-state index contributed by atoms with van der Waals surface area (Å²) in [6, 6.07) is 0. The average molecular weight is 241 g/mol. The van der Waals surface area contributed by atoms with Crippen LogP contribution >= 0.6 is 11.3 Å². The van der Waals surface area contributed by atoms with E-state index in [1.165, 1.54) is 18.4 Å². The minimum absolute atomic E-state index is 0.282. The predicted octanol–water partition coefficient (Wildman–Crippen LogP) is 1.43. The molecule has 0 radical (unpaired) electrons. The smallest absolute Gasteiger partial charge is 0.261 e. The Balaban J connectivity index is 3.03. The van der Waals surface area contributed by atoms with E-state index in [2.05, 4.69) is 11.9 Å². The van der Waals surface area contributed by atoms with Gasteiger partial charge < -0.3 is 21.5 Å². The second-order valence-corrected chi connectivity index (χ2v) is 4.40. The van der Waals surface area contributed by atoms with Crippen LogP contribution in [0, 0.1) is 0 Å². The van der Waals surface area contributed by atoms with Gasteiger partial charge in [-0.05, 0) is 6.92 Å². The Hall–Kier alpha value is -1.69. The first-order chi connectivity index (χ1) is 7.47. The molecule has 0 atom stereocenters. The van der Waals surface area contributed by atoms with Crippen LogP contribution in [0.1, 0.15) is 16.6 Å². The van der Waals surface area contributed by atoms with Crippen LogP contribution in [0.4, 0.5) is 10.7 Å². The highest BCUT2D eigenvalue weighted by atomic mass is 32.1. The summed E-state index contributed by atoms with van der Waals surface area (Å²) in [5.41, 5.74) is 12.2. The average Bonchev–Trinajstić information content (AvgIpc) is 2.51. The third-order valence-corrected chi connectivity index (χ3v) is 3.04. The SMILES string of the molecule is C=C(C)CNc1sc(C(N)=O)c(N)c1OC. The maximum Gasteiger partial charge on any atom is 0.261 e. The number of ether oxygens (including phenoxy) is 1. The number of hydrogen-bond acceptors (Lipinski definition) is 5. The molecule has 5 N–H and O–H groups in total. The van der Waals surface area contributed by atoms with Crippen LogP contribution in [0.5, 0.6) is 5.75 Å². The van der Waals surface area contributed by atoms with Gasteiger partial charge in [0.1, 0.15) is 15.6 Å². The number of hydrogen-bond donors (Lipinski definition) is 3. The molecular weight excluding hydrogens is 226 g/mol. The Labute approximate surface area is 98.1 Å². The zero-order valence-corrected chi connectivity index (χ0v) is 10.1. The molecule has 1 aromatic rings. The maximum atomic E-state index is 11.1. The van der Waals surface area contributed by atoms with Crippen molar-refractivity contribution < 1.29 is 9.53 Å². The Morgan fingerprint density at radius 3 is 2.69 bits per heavy atom. The number of nitrogens with two attached hydrogens (primary N) is 2. The van der Waals surface area contributed by atoms with Crippen molar-refractivity contribution in [2.75, 3.05) is 24.7 Å². The third-order valence-electron chi connectivity index (χ3n) is 1.88. The van der Waals surface area contributed by atoms with Gasteiger partial charge in [-0.3, -0.25) is 4.79 Å². The lowest BCUT2D eigenvalue weighted by Gasteiger charge is -2.06. The highest BCUT2D eigenvalue weighted by Crippen LogP contribution is 2.42. The first-order valence-electron chi connectivity index (χ1n) is 4.61. The Bertz CT molecular complexity index is 426. The van der Waals surface area contributed by atoms with Crippen molar-refractivity contribution in [1.82, 2.24) is 0 Å². The fraction of sp³-hybridized carbons (Fsp3) is 0.300. The molecule has 6 heteroatoms. The molecule has 0 saturated heterocycles. The van der Waals surface area contributed by atoms with Gasteiger partial charge in [0, 0.05) is 6.54 Å². The molecule has 0 spiro atoms. The van der Waals surface area contributed by atoms with Gasteiger partial charge in [0.25, 0.3) is 5.91 Å². The molecule has 16 heavy (non-hydrogen) atoms. The van der Waals surface area contributed by atoms with Gasteiger partial charge in [0.05, 0.1) is 7.11 Å². The fourth-order valence-electron chi connectivity index (χ4n) is 1.16. The van der Waals surface area contributed by atoms with E-state index in [1.807, 2.05) is 6.92 Å². The van der Waals surface area contributed by atoms with Crippen molar-refractivity contribution in [2.24, 2.45) is 5.73 Å². The topological polar surface area (TPSA) is 90.4 Å². The van der Waals surface area contributed by atoms with E-state index in [0.717, 1.165) is 5.57 Å². The Kier molecular flexibility index (Phi) is 3.78. The summed E-state index contributed by atoms with van der Waals surface area (Å²) in [6.45, 7) is 6.25. The molecule has 5 nitrogen and oxygen atoms in total. The van der Waals surface area contributed by atoms with Crippen LogP contribution in [0.3, 0.4) is 0 Å².